The molecule has 0 bridgehead atoms. The second-order valence-electron chi connectivity index (χ2n) is 6.02. The largest absolute Gasteiger partial charge is 0.220 e. The van der Waals surface area contributed by atoms with E-state index >= 15 is 0 Å². The lowest BCUT2D eigenvalue weighted by Crippen LogP contribution is -2.08. The van der Waals surface area contributed by atoms with Gasteiger partial charge in [-0.25, -0.2) is 9.98 Å². The van der Waals surface area contributed by atoms with Gasteiger partial charge in [0, 0.05) is 10.0 Å². The SMILES string of the molecule is CC(C)(C)N=C=NC(c1ccc(Cl)cc1)c1ccc(Cl)cc1. The van der Waals surface area contributed by atoms with Crippen LogP contribution in [0, 0.1) is 0 Å². The third kappa shape index (κ3) is 4.99. The zero-order valence-electron chi connectivity index (χ0n) is 12.8. The molecule has 22 heavy (non-hydrogen) atoms. The van der Waals surface area contributed by atoms with Crippen molar-refractivity contribution < 1.29 is 0 Å². The maximum Gasteiger partial charge on any atom is 0.111 e. The second-order valence-corrected chi connectivity index (χ2v) is 6.89. The Balaban J connectivity index is 2.42. The fourth-order valence-corrected chi connectivity index (χ4v) is 2.12. The number of halogens is 2. The van der Waals surface area contributed by atoms with Gasteiger partial charge < -0.3 is 0 Å². The van der Waals surface area contributed by atoms with E-state index in [1.807, 2.05) is 69.3 Å². The van der Waals surface area contributed by atoms with Gasteiger partial charge in [-0.2, -0.15) is 0 Å². The minimum Gasteiger partial charge on any atom is -0.220 e. The topological polar surface area (TPSA) is 24.7 Å². The lowest BCUT2D eigenvalue weighted by molar-refractivity contribution is 0.586. The van der Waals surface area contributed by atoms with Crippen molar-refractivity contribution in [3.63, 3.8) is 0 Å². The lowest BCUT2D eigenvalue weighted by atomic mass is 9.99. The molecule has 2 aromatic carbocycles. The first-order chi connectivity index (χ1) is 10.3. The Morgan fingerprint density at radius 2 is 1.23 bits per heavy atom. The van der Waals surface area contributed by atoms with E-state index in [2.05, 4.69) is 16.0 Å². The molecule has 0 atom stereocenters. The maximum absolute atomic E-state index is 5.97. The molecule has 0 aliphatic carbocycles. The van der Waals surface area contributed by atoms with E-state index < -0.39 is 0 Å². The molecule has 2 aromatic rings. The molecule has 114 valence electrons. The molecule has 0 aliphatic rings. The third-order valence-electron chi connectivity index (χ3n) is 2.94. The summed E-state index contributed by atoms with van der Waals surface area (Å²) < 4.78 is 0. The van der Waals surface area contributed by atoms with Crippen LogP contribution in [0.3, 0.4) is 0 Å². The Bertz CT molecular complexity index is 631. The normalized spacial score (nSPS) is 11.2. The van der Waals surface area contributed by atoms with Gasteiger partial charge in [0.1, 0.15) is 6.04 Å². The summed E-state index contributed by atoms with van der Waals surface area (Å²) in [5, 5.41) is 1.40. The van der Waals surface area contributed by atoms with Crippen molar-refractivity contribution in [3.8, 4) is 0 Å². The summed E-state index contributed by atoms with van der Waals surface area (Å²) in [4.78, 5) is 8.82. The van der Waals surface area contributed by atoms with Crippen molar-refractivity contribution >= 4 is 29.2 Å². The van der Waals surface area contributed by atoms with E-state index in [-0.39, 0.29) is 11.6 Å². The molecule has 2 rings (SSSR count). The Morgan fingerprint density at radius 3 is 1.59 bits per heavy atom. The molecule has 0 spiro atoms. The minimum atomic E-state index is -0.200. The van der Waals surface area contributed by atoms with Gasteiger partial charge in [0.05, 0.1) is 11.5 Å². The van der Waals surface area contributed by atoms with Crippen LogP contribution < -0.4 is 0 Å². The molecule has 0 N–H and O–H groups in total. The summed E-state index contributed by atoms with van der Waals surface area (Å²) >= 11 is 11.9. The number of rotatable bonds is 3. The highest BCUT2D eigenvalue weighted by Crippen LogP contribution is 2.27. The Kier molecular flexibility index (Phi) is 5.42. The van der Waals surface area contributed by atoms with Crippen molar-refractivity contribution in [2.75, 3.05) is 0 Å². The summed E-state index contributed by atoms with van der Waals surface area (Å²) in [6.45, 7) is 6.03. The highest BCUT2D eigenvalue weighted by molar-refractivity contribution is 6.30. The number of benzene rings is 2. The first-order valence-electron chi connectivity index (χ1n) is 7.03. The molecular weight excluding hydrogens is 315 g/mol. The zero-order chi connectivity index (χ0) is 16.2. The molecule has 4 heteroatoms. The minimum absolute atomic E-state index is 0.180. The van der Waals surface area contributed by atoms with Gasteiger partial charge in [-0.05, 0) is 56.2 Å². The standard InChI is InChI=1S/C18H18Cl2N2/c1-18(2,3)22-12-21-17(13-4-8-15(19)9-5-13)14-6-10-16(20)11-7-14/h4-11,17H,1-3H3. The van der Waals surface area contributed by atoms with Gasteiger partial charge in [-0.15, -0.1) is 0 Å². The Labute approximate surface area is 141 Å². The number of hydrogen-bond acceptors (Lipinski definition) is 2. The molecule has 0 unspecified atom stereocenters. The van der Waals surface area contributed by atoms with E-state index in [0.717, 1.165) is 11.1 Å². The van der Waals surface area contributed by atoms with E-state index in [0.29, 0.717) is 10.0 Å². The van der Waals surface area contributed by atoms with Gasteiger partial charge in [0.25, 0.3) is 0 Å². The molecule has 0 radical (unpaired) electrons. The van der Waals surface area contributed by atoms with Crippen LogP contribution in [0.2, 0.25) is 10.0 Å². The van der Waals surface area contributed by atoms with Crippen LogP contribution >= 0.6 is 23.2 Å². The van der Waals surface area contributed by atoms with Crippen LogP contribution in [0.25, 0.3) is 0 Å². The first-order valence-corrected chi connectivity index (χ1v) is 7.78. The molecule has 0 heterocycles. The van der Waals surface area contributed by atoms with Gasteiger partial charge in [0.2, 0.25) is 0 Å². The van der Waals surface area contributed by atoms with Crippen LogP contribution in [0.1, 0.15) is 37.9 Å². The second kappa shape index (κ2) is 7.11. The maximum atomic E-state index is 5.97. The van der Waals surface area contributed by atoms with Crippen molar-refractivity contribution in [1.29, 1.82) is 0 Å². The molecule has 0 aliphatic heterocycles. The first kappa shape index (κ1) is 16.8. The number of nitrogens with zero attached hydrogens (tertiary/aromatic N) is 2. The zero-order valence-corrected chi connectivity index (χ0v) is 14.4. The van der Waals surface area contributed by atoms with Gasteiger partial charge in [-0.1, -0.05) is 47.5 Å². The summed E-state index contributed by atoms with van der Waals surface area (Å²) in [5.41, 5.74) is 1.86. The van der Waals surface area contributed by atoms with Crippen molar-refractivity contribution in [2.45, 2.75) is 32.4 Å². The van der Waals surface area contributed by atoms with Crippen LogP contribution in [0.15, 0.2) is 58.5 Å². The number of aliphatic imine (C=N–C) groups is 2. The smallest absolute Gasteiger partial charge is 0.111 e. The van der Waals surface area contributed by atoms with E-state index in [4.69, 9.17) is 23.2 Å². The van der Waals surface area contributed by atoms with Crippen molar-refractivity contribution in [2.24, 2.45) is 9.98 Å². The molecule has 0 saturated heterocycles. The van der Waals surface area contributed by atoms with E-state index in [9.17, 15) is 0 Å². The third-order valence-corrected chi connectivity index (χ3v) is 3.45. The summed E-state index contributed by atoms with van der Waals surface area (Å²) in [6.07, 6.45) is 0. The van der Waals surface area contributed by atoms with Crippen LogP contribution in [0.4, 0.5) is 0 Å². The fourth-order valence-electron chi connectivity index (χ4n) is 1.87. The van der Waals surface area contributed by atoms with Gasteiger partial charge in [0.15, 0.2) is 0 Å². The van der Waals surface area contributed by atoms with Gasteiger partial charge >= 0.3 is 0 Å². The Hall–Kier alpha value is -1.60. The van der Waals surface area contributed by atoms with Crippen molar-refractivity contribution in [1.82, 2.24) is 0 Å². The molecule has 0 saturated carbocycles. The van der Waals surface area contributed by atoms with Crippen molar-refractivity contribution in [3.05, 3.63) is 69.7 Å². The van der Waals surface area contributed by atoms with Crippen LogP contribution in [-0.4, -0.2) is 11.5 Å². The molecule has 0 aromatic heterocycles. The quantitative estimate of drug-likeness (QED) is 0.610. The van der Waals surface area contributed by atoms with Gasteiger partial charge in [-0.3, -0.25) is 0 Å². The monoisotopic (exact) mass is 332 g/mol. The predicted molar refractivity (Wildman–Crippen MR) is 94.4 cm³/mol. The average Bonchev–Trinajstić information content (AvgIpc) is 2.45. The van der Waals surface area contributed by atoms with E-state index in [1.165, 1.54) is 0 Å². The predicted octanol–water partition coefficient (Wildman–Crippen LogP) is 6.06. The van der Waals surface area contributed by atoms with Crippen LogP contribution in [0.5, 0.6) is 0 Å². The molecule has 0 amide bonds. The number of hydrogen-bond donors (Lipinski definition) is 0. The van der Waals surface area contributed by atoms with Crippen LogP contribution in [-0.2, 0) is 0 Å². The molecule has 2 nitrogen and oxygen atoms in total. The van der Waals surface area contributed by atoms with E-state index in [1.54, 1.807) is 0 Å². The summed E-state index contributed by atoms with van der Waals surface area (Å²) in [6, 6.07) is 17.9. The highest BCUT2D eigenvalue weighted by atomic mass is 35.5. The molecular formula is C18H18Cl2N2. The summed E-state index contributed by atoms with van der Waals surface area (Å²) in [7, 11) is 0. The summed E-state index contributed by atoms with van der Waals surface area (Å²) in [5.74, 6) is 0. The average molecular weight is 333 g/mol. The molecule has 0 fully saturated rings. The Morgan fingerprint density at radius 1 is 0.818 bits per heavy atom. The lowest BCUT2D eigenvalue weighted by Gasteiger charge is -2.13. The highest BCUT2D eigenvalue weighted by Gasteiger charge is 2.13. The fraction of sp³-hybridized carbons (Fsp3) is 0.278.